The number of rotatable bonds is 3. The molecule has 0 fully saturated rings. The molecule has 0 unspecified atom stereocenters. The fourth-order valence-corrected chi connectivity index (χ4v) is 0.953. The van der Waals surface area contributed by atoms with Crippen molar-refractivity contribution in [2.75, 3.05) is 0 Å². The van der Waals surface area contributed by atoms with E-state index >= 15 is 0 Å². The molecule has 0 radical (unpaired) electrons. The third-order valence-electron chi connectivity index (χ3n) is 1.73. The van der Waals surface area contributed by atoms with Gasteiger partial charge in [0.1, 0.15) is 5.56 Å². The molecule has 1 aromatic heterocycles. The minimum atomic E-state index is -1.17. The second-order valence-electron chi connectivity index (χ2n) is 2.94. The van der Waals surface area contributed by atoms with Gasteiger partial charge < -0.3 is 9.84 Å². The SMILES string of the molecule is CCC(=O)Oc1nc(C)ccc1C(=O)O. The number of carboxylic acids is 1. The van der Waals surface area contributed by atoms with Crippen molar-refractivity contribution in [2.24, 2.45) is 0 Å². The maximum atomic E-state index is 11.0. The quantitative estimate of drug-likeness (QED) is 0.761. The zero-order valence-corrected chi connectivity index (χ0v) is 8.48. The lowest BCUT2D eigenvalue weighted by Gasteiger charge is -2.05. The number of carbonyl (C=O) groups is 2. The summed E-state index contributed by atoms with van der Waals surface area (Å²) in [7, 11) is 0. The minimum Gasteiger partial charge on any atom is -0.477 e. The maximum absolute atomic E-state index is 11.0. The van der Waals surface area contributed by atoms with Gasteiger partial charge in [0, 0.05) is 12.1 Å². The van der Waals surface area contributed by atoms with Gasteiger partial charge in [0.05, 0.1) is 0 Å². The van der Waals surface area contributed by atoms with Gasteiger partial charge in [0.2, 0.25) is 5.88 Å². The first-order valence-corrected chi connectivity index (χ1v) is 4.46. The van der Waals surface area contributed by atoms with Crippen molar-refractivity contribution < 1.29 is 19.4 Å². The predicted octanol–water partition coefficient (Wildman–Crippen LogP) is 1.40. The summed E-state index contributed by atoms with van der Waals surface area (Å²) < 4.78 is 4.81. The number of aromatic carboxylic acids is 1. The Balaban J connectivity index is 3.07. The maximum Gasteiger partial charge on any atom is 0.341 e. The number of aryl methyl sites for hydroxylation is 1. The van der Waals surface area contributed by atoms with Crippen molar-refractivity contribution >= 4 is 11.9 Å². The number of esters is 1. The number of aromatic nitrogens is 1. The van der Waals surface area contributed by atoms with Gasteiger partial charge in [0.15, 0.2) is 0 Å². The van der Waals surface area contributed by atoms with Crippen LogP contribution in [0.1, 0.15) is 29.4 Å². The highest BCUT2D eigenvalue weighted by molar-refractivity contribution is 5.91. The number of hydrogen-bond acceptors (Lipinski definition) is 4. The van der Waals surface area contributed by atoms with Crippen molar-refractivity contribution in [3.05, 3.63) is 23.4 Å². The second-order valence-corrected chi connectivity index (χ2v) is 2.94. The highest BCUT2D eigenvalue weighted by Crippen LogP contribution is 2.16. The van der Waals surface area contributed by atoms with E-state index in [4.69, 9.17) is 9.84 Å². The number of pyridine rings is 1. The minimum absolute atomic E-state index is 0.109. The van der Waals surface area contributed by atoms with Crippen molar-refractivity contribution in [3.8, 4) is 5.88 Å². The summed E-state index contributed by atoms with van der Waals surface area (Å²) in [5, 5.41) is 8.81. The molecule has 0 saturated carbocycles. The molecule has 0 aliphatic rings. The number of carbonyl (C=O) groups excluding carboxylic acids is 1. The summed E-state index contributed by atoms with van der Waals surface area (Å²) >= 11 is 0. The Morgan fingerprint density at radius 3 is 2.67 bits per heavy atom. The van der Waals surface area contributed by atoms with Crippen LogP contribution in [-0.2, 0) is 4.79 Å². The van der Waals surface area contributed by atoms with Crippen LogP contribution in [0.3, 0.4) is 0 Å². The van der Waals surface area contributed by atoms with Crippen LogP contribution < -0.4 is 4.74 Å². The lowest BCUT2D eigenvalue weighted by molar-refractivity contribution is -0.134. The molecule has 1 heterocycles. The van der Waals surface area contributed by atoms with Gasteiger partial charge >= 0.3 is 11.9 Å². The molecular weight excluding hydrogens is 198 g/mol. The van der Waals surface area contributed by atoms with E-state index in [1.807, 2.05) is 0 Å². The lowest BCUT2D eigenvalue weighted by Crippen LogP contribution is -2.11. The molecule has 5 nitrogen and oxygen atoms in total. The molecule has 0 saturated heterocycles. The van der Waals surface area contributed by atoms with Crippen LogP contribution in [0.4, 0.5) is 0 Å². The van der Waals surface area contributed by atoms with E-state index in [2.05, 4.69) is 4.98 Å². The van der Waals surface area contributed by atoms with E-state index in [1.165, 1.54) is 6.07 Å². The topological polar surface area (TPSA) is 76.5 Å². The zero-order chi connectivity index (χ0) is 11.4. The Morgan fingerprint density at radius 2 is 2.13 bits per heavy atom. The molecule has 0 bridgehead atoms. The van der Waals surface area contributed by atoms with Gasteiger partial charge in [-0.2, -0.15) is 0 Å². The average molecular weight is 209 g/mol. The molecular formula is C10H11NO4. The van der Waals surface area contributed by atoms with E-state index in [0.717, 1.165) is 0 Å². The summed E-state index contributed by atoms with van der Waals surface area (Å²) in [4.78, 5) is 25.6. The molecule has 1 aromatic rings. The molecule has 0 aliphatic heterocycles. The molecule has 0 spiro atoms. The fourth-order valence-electron chi connectivity index (χ4n) is 0.953. The molecule has 0 amide bonds. The Morgan fingerprint density at radius 1 is 1.47 bits per heavy atom. The second kappa shape index (κ2) is 4.54. The lowest BCUT2D eigenvalue weighted by atomic mass is 10.2. The molecule has 0 aliphatic carbocycles. The predicted molar refractivity (Wildman–Crippen MR) is 51.9 cm³/mol. The Bertz CT molecular complexity index is 400. The smallest absolute Gasteiger partial charge is 0.341 e. The molecule has 5 heteroatoms. The highest BCUT2D eigenvalue weighted by Gasteiger charge is 2.15. The van der Waals surface area contributed by atoms with Gasteiger partial charge in [-0.25, -0.2) is 9.78 Å². The molecule has 0 atom stereocenters. The van der Waals surface area contributed by atoms with Crippen LogP contribution in [0.15, 0.2) is 12.1 Å². The summed E-state index contributed by atoms with van der Waals surface area (Å²) in [5.74, 6) is -1.81. The van der Waals surface area contributed by atoms with E-state index in [1.54, 1.807) is 19.9 Å². The van der Waals surface area contributed by atoms with Crippen LogP contribution in [0.2, 0.25) is 0 Å². The van der Waals surface area contributed by atoms with Crippen LogP contribution >= 0.6 is 0 Å². The summed E-state index contributed by atoms with van der Waals surface area (Å²) in [6.07, 6.45) is 0.175. The monoisotopic (exact) mass is 209 g/mol. The summed E-state index contributed by atoms with van der Waals surface area (Å²) in [6.45, 7) is 3.31. The van der Waals surface area contributed by atoms with E-state index in [9.17, 15) is 9.59 Å². The van der Waals surface area contributed by atoms with Crippen LogP contribution in [0, 0.1) is 6.92 Å². The fraction of sp³-hybridized carbons (Fsp3) is 0.300. The van der Waals surface area contributed by atoms with Crippen LogP contribution in [-0.4, -0.2) is 22.0 Å². The molecule has 80 valence electrons. The van der Waals surface area contributed by atoms with E-state index in [-0.39, 0.29) is 17.9 Å². The normalized spacial score (nSPS) is 9.73. The van der Waals surface area contributed by atoms with Crippen molar-refractivity contribution in [3.63, 3.8) is 0 Å². The van der Waals surface area contributed by atoms with Gasteiger partial charge in [-0.1, -0.05) is 6.92 Å². The largest absolute Gasteiger partial charge is 0.477 e. The first-order chi connectivity index (χ1) is 7.04. The number of hydrogen-bond donors (Lipinski definition) is 1. The van der Waals surface area contributed by atoms with Crippen molar-refractivity contribution in [1.29, 1.82) is 0 Å². The third-order valence-corrected chi connectivity index (χ3v) is 1.73. The molecule has 15 heavy (non-hydrogen) atoms. The van der Waals surface area contributed by atoms with Crippen molar-refractivity contribution in [2.45, 2.75) is 20.3 Å². The molecule has 1 rings (SSSR count). The summed E-state index contributed by atoms with van der Waals surface area (Å²) in [5.41, 5.74) is 0.487. The number of ether oxygens (including phenoxy) is 1. The standard InChI is InChI=1S/C10H11NO4/c1-3-8(12)15-9-7(10(13)14)5-4-6(2)11-9/h4-5H,3H2,1-2H3,(H,13,14). The van der Waals surface area contributed by atoms with Crippen LogP contribution in [0.5, 0.6) is 5.88 Å². The van der Waals surface area contributed by atoms with Gasteiger partial charge in [-0.05, 0) is 19.1 Å². The Kier molecular flexibility index (Phi) is 3.38. The first-order valence-electron chi connectivity index (χ1n) is 4.46. The van der Waals surface area contributed by atoms with E-state index in [0.29, 0.717) is 5.69 Å². The first kappa shape index (κ1) is 11.2. The van der Waals surface area contributed by atoms with Gasteiger partial charge in [0.25, 0.3) is 0 Å². The summed E-state index contributed by atoms with van der Waals surface area (Å²) in [6, 6.07) is 2.91. The van der Waals surface area contributed by atoms with Crippen LogP contribution in [0.25, 0.3) is 0 Å². The van der Waals surface area contributed by atoms with Gasteiger partial charge in [-0.15, -0.1) is 0 Å². The zero-order valence-electron chi connectivity index (χ0n) is 8.48. The van der Waals surface area contributed by atoms with Gasteiger partial charge in [-0.3, -0.25) is 4.79 Å². The van der Waals surface area contributed by atoms with Crippen molar-refractivity contribution in [1.82, 2.24) is 4.98 Å². The molecule has 1 N–H and O–H groups in total. The highest BCUT2D eigenvalue weighted by atomic mass is 16.5. The average Bonchev–Trinajstić information content (AvgIpc) is 2.17. The number of carboxylic acid groups (broad SMARTS) is 1. The Hall–Kier alpha value is -1.91. The number of nitrogens with zero attached hydrogens (tertiary/aromatic N) is 1. The molecule has 0 aromatic carbocycles. The third kappa shape index (κ3) is 2.77. The van der Waals surface area contributed by atoms with E-state index < -0.39 is 11.9 Å². The Labute approximate surface area is 86.7 Å².